The number of hydrogen-bond donors (Lipinski definition) is 1. The van der Waals surface area contributed by atoms with Gasteiger partial charge in [-0.25, -0.2) is 0 Å². The average molecular weight is 333 g/mol. The Bertz CT molecular complexity index is 292. The van der Waals surface area contributed by atoms with Crippen LogP contribution in [0.15, 0.2) is 0 Å². The maximum absolute atomic E-state index is 11.9. The Labute approximate surface area is 140 Å². The lowest BCUT2D eigenvalue weighted by molar-refractivity contribution is -0.137. The van der Waals surface area contributed by atoms with Gasteiger partial charge in [0.15, 0.2) is 5.78 Å². The Morgan fingerprint density at radius 2 is 1.32 bits per heavy atom. The largest absolute Gasteiger partial charge is 0.481 e. The summed E-state index contributed by atoms with van der Waals surface area (Å²) >= 11 is 6.15. The third-order valence-electron chi connectivity index (χ3n) is 3.97. The Hall–Kier alpha value is -0.570. The molecule has 0 amide bonds. The highest BCUT2D eigenvalue weighted by Crippen LogP contribution is 2.16. The predicted octanol–water partition coefficient (Wildman–Crippen LogP) is 5.73. The maximum Gasteiger partial charge on any atom is 0.303 e. The van der Waals surface area contributed by atoms with Crippen LogP contribution in [-0.2, 0) is 9.59 Å². The molecule has 0 aliphatic heterocycles. The summed E-state index contributed by atoms with van der Waals surface area (Å²) in [4.78, 5) is 22.2. The van der Waals surface area contributed by atoms with E-state index >= 15 is 0 Å². The fourth-order valence-corrected chi connectivity index (χ4v) is 2.79. The first-order chi connectivity index (χ1) is 10.6. The quantitative estimate of drug-likeness (QED) is 0.290. The number of unbranched alkanes of at least 4 members (excludes halogenated alkanes) is 9. The van der Waals surface area contributed by atoms with Crippen LogP contribution >= 0.6 is 11.6 Å². The molecular weight excluding hydrogens is 300 g/mol. The number of Topliss-reactive ketones (excluding diaryl/α,β-unsaturated/α-hetero) is 1. The highest BCUT2D eigenvalue weighted by Gasteiger charge is 2.14. The lowest BCUT2D eigenvalue weighted by Crippen LogP contribution is -2.14. The number of rotatable bonds is 16. The summed E-state index contributed by atoms with van der Waals surface area (Å²) in [6, 6.07) is 0. The van der Waals surface area contributed by atoms with E-state index < -0.39 is 5.97 Å². The fraction of sp³-hybridized carbons (Fsp3) is 0.889. The molecule has 0 aliphatic rings. The summed E-state index contributed by atoms with van der Waals surface area (Å²) in [6.45, 7) is 2.20. The summed E-state index contributed by atoms with van der Waals surface area (Å²) in [5, 5.41) is 8.20. The predicted molar refractivity (Wildman–Crippen MR) is 92.6 cm³/mol. The Morgan fingerprint density at radius 3 is 1.91 bits per heavy atom. The Balaban J connectivity index is 3.40. The molecule has 0 saturated carbocycles. The molecule has 0 radical (unpaired) electrons. The minimum absolute atomic E-state index is 0.197. The van der Waals surface area contributed by atoms with Crippen LogP contribution in [-0.4, -0.2) is 22.2 Å². The number of halogens is 1. The van der Waals surface area contributed by atoms with Crippen molar-refractivity contribution in [3.05, 3.63) is 0 Å². The summed E-state index contributed by atoms with van der Waals surface area (Å²) in [5.41, 5.74) is 0. The molecule has 0 rings (SSSR count). The zero-order valence-corrected chi connectivity index (χ0v) is 14.9. The molecule has 0 bridgehead atoms. The lowest BCUT2D eigenvalue weighted by atomic mass is 10.0. The number of carbonyl (C=O) groups is 2. The molecule has 0 heterocycles. The van der Waals surface area contributed by atoms with Crippen molar-refractivity contribution in [2.75, 3.05) is 0 Å². The maximum atomic E-state index is 11.9. The molecule has 0 spiro atoms. The molecule has 0 fully saturated rings. The molecule has 4 heteroatoms. The standard InChI is InChI=1S/C18H33ClO3/c1-2-3-4-5-8-11-14-17(20)16(19)13-10-7-6-9-12-15-18(21)22/h16H,2-15H2,1H3,(H,21,22). The highest BCUT2D eigenvalue weighted by atomic mass is 35.5. The normalized spacial score (nSPS) is 12.3. The minimum atomic E-state index is -0.721. The van der Waals surface area contributed by atoms with Gasteiger partial charge in [-0.1, -0.05) is 64.7 Å². The fourth-order valence-electron chi connectivity index (χ4n) is 2.53. The summed E-state index contributed by atoms with van der Waals surface area (Å²) < 4.78 is 0. The zero-order chi connectivity index (χ0) is 16.6. The van der Waals surface area contributed by atoms with Gasteiger partial charge in [0.05, 0.1) is 5.38 Å². The Morgan fingerprint density at radius 1 is 0.818 bits per heavy atom. The van der Waals surface area contributed by atoms with E-state index in [9.17, 15) is 9.59 Å². The number of ketones is 1. The van der Waals surface area contributed by atoms with Gasteiger partial charge in [0.2, 0.25) is 0 Å². The van der Waals surface area contributed by atoms with Crippen molar-refractivity contribution in [3.8, 4) is 0 Å². The molecule has 3 nitrogen and oxygen atoms in total. The van der Waals surface area contributed by atoms with Crippen LogP contribution in [0.25, 0.3) is 0 Å². The van der Waals surface area contributed by atoms with E-state index in [0.717, 1.165) is 51.4 Å². The van der Waals surface area contributed by atoms with Crippen LogP contribution in [0.5, 0.6) is 0 Å². The van der Waals surface area contributed by atoms with Gasteiger partial charge in [0.25, 0.3) is 0 Å². The molecule has 22 heavy (non-hydrogen) atoms. The van der Waals surface area contributed by atoms with Crippen molar-refractivity contribution in [2.24, 2.45) is 0 Å². The van der Waals surface area contributed by atoms with E-state index in [1.165, 1.54) is 25.7 Å². The van der Waals surface area contributed by atoms with Crippen LogP contribution < -0.4 is 0 Å². The molecule has 1 atom stereocenters. The molecule has 0 saturated heterocycles. The van der Waals surface area contributed by atoms with Gasteiger partial charge in [-0.2, -0.15) is 0 Å². The van der Waals surface area contributed by atoms with Gasteiger partial charge >= 0.3 is 5.97 Å². The van der Waals surface area contributed by atoms with E-state index in [2.05, 4.69) is 6.92 Å². The molecule has 0 aromatic rings. The summed E-state index contributed by atoms with van der Waals surface area (Å²) in [5.74, 6) is -0.524. The highest BCUT2D eigenvalue weighted by molar-refractivity contribution is 6.31. The second-order valence-electron chi connectivity index (χ2n) is 6.15. The van der Waals surface area contributed by atoms with Crippen molar-refractivity contribution < 1.29 is 14.7 Å². The number of aliphatic carboxylic acids is 1. The second-order valence-corrected chi connectivity index (χ2v) is 6.68. The van der Waals surface area contributed by atoms with Crippen molar-refractivity contribution in [3.63, 3.8) is 0 Å². The van der Waals surface area contributed by atoms with Crippen LogP contribution in [0.4, 0.5) is 0 Å². The summed E-state index contributed by atoms with van der Waals surface area (Å²) in [6.07, 6.45) is 13.5. The lowest BCUT2D eigenvalue weighted by Gasteiger charge is -2.08. The number of carbonyl (C=O) groups excluding carboxylic acids is 1. The van der Waals surface area contributed by atoms with Gasteiger partial charge in [0, 0.05) is 12.8 Å². The monoisotopic (exact) mass is 332 g/mol. The zero-order valence-electron chi connectivity index (χ0n) is 14.1. The van der Waals surface area contributed by atoms with Crippen molar-refractivity contribution in [2.45, 2.75) is 102 Å². The minimum Gasteiger partial charge on any atom is -0.481 e. The number of alkyl halides is 1. The Kier molecular flexibility index (Phi) is 14.9. The van der Waals surface area contributed by atoms with Crippen molar-refractivity contribution >= 4 is 23.4 Å². The smallest absolute Gasteiger partial charge is 0.303 e. The SMILES string of the molecule is CCCCCCCCC(=O)C(Cl)CCCCCCCC(=O)O. The van der Waals surface area contributed by atoms with E-state index in [-0.39, 0.29) is 17.6 Å². The molecule has 130 valence electrons. The first-order valence-corrected chi connectivity index (χ1v) is 9.40. The van der Waals surface area contributed by atoms with Crippen LogP contribution in [0, 0.1) is 0 Å². The third kappa shape index (κ3) is 14.4. The van der Waals surface area contributed by atoms with E-state index in [1.807, 2.05) is 0 Å². The first kappa shape index (κ1) is 21.4. The topological polar surface area (TPSA) is 54.4 Å². The van der Waals surface area contributed by atoms with E-state index in [0.29, 0.717) is 6.42 Å². The van der Waals surface area contributed by atoms with E-state index in [1.54, 1.807) is 0 Å². The van der Waals surface area contributed by atoms with Crippen molar-refractivity contribution in [1.82, 2.24) is 0 Å². The molecule has 0 aromatic carbocycles. The van der Waals surface area contributed by atoms with Crippen LogP contribution in [0.2, 0.25) is 0 Å². The molecule has 0 aliphatic carbocycles. The average Bonchev–Trinajstić information content (AvgIpc) is 2.49. The number of hydrogen-bond acceptors (Lipinski definition) is 2. The third-order valence-corrected chi connectivity index (χ3v) is 4.44. The molecule has 1 N–H and O–H groups in total. The van der Waals surface area contributed by atoms with Gasteiger partial charge in [-0.05, 0) is 19.3 Å². The van der Waals surface area contributed by atoms with Gasteiger partial charge < -0.3 is 5.11 Å². The summed E-state index contributed by atoms with van der Waals surface area (Å²) in [7, 11) is 0. The van der Waals surface area contributed by atoms with Gasteiger partial charge in [-0.3, -0.25) is 9.59 Å². The molecule has 1 unspecified atom stereocenters. The second kappa shape index (κ2) is 15.3. The van der Waals surface area contributed by atoms with Crippen molar-refractivity contribution in [1.29, 1.82) is 0 Å². The molecular formula is C18H33ClO3. The number of carboxylic acids is 1. The number of carboxylic acid groups (broad SMARTS) is 1. The van der Waals surface area contributed by atoms with Gasteiger partial charge in [-0.15, -0.1) is 11.6 Å². The van der Waals surface area contributed by atoms with Crippen LogP contribution in [0.1, 0.15) is 96.8 Å². The van der Waals surface area contributed by atoms with E-state index in [4.69, 9.17) is 16.7 Å². The first-order valence-electron chi connectivity index (χ1n) is 8.96. The van der Waals surface area contributed by atoms with Crippen LogP contribution in [0.3, 0.4) is 0 Å². The molecule has 0 aromatic heterocycles. The van der Waals surface area contributed by atoms with Gasteiger partial charge in [0.1, 0.15) is 0 Å².